The van der Waals surface area contributed by atoms with E-state index in [1.165, 1.54) is 0 Å². The number of hydrogen-bond acceptors (Lipinski definition) is 2. The van der Waals surface area contributed by atoms with Crippen molar-refractivity contribution in [2.24, 2.45) is 0 Å². The van der Waals surface area contributed by atoms with Crippen molar-refractivity contribution in [1.82, 2.24) is 0 Å². The van der Waals surface area contributed by atoms with Gasteiger partial charge >= 0.3 is 0 Å². The van der Waals surface area contributed by atoms with Crippen molar-refractivity contribution in [3.8, 4) is 0 Å². The Morgan fingerprint density at radius 1 is 1.75 bits per heavy atom. The molecule has 0 heterocycles. The van der Waals surface area contributed by atoms with E-state index in [0.717, 1.165) is 0 Å². The van der Waals surface area contributed by atoms with Crippen molar-refractivity contribution in [2.75, 3.05) is 0 Å². The van der Waals surface area contributed by atoms with Gasteiger partial charge in [0.2, 0.25) is 0 Å². The van der Waals surface area contributed by atoms with E-state index < -0.39 is 0 Å². The Labute approximate surface area is 48.8 Å². The Hall–Kier alpha value is -0.790. The predicted molar refractivity (Wildman–Crippen MR) is 31.7 cm³/mol. The lowest BCUT2D eigenvalue weighted by Crippen LogP contribution is -1.85. The minimum Gasteiger partial charge on any atom is -0.512 e. The molecule has 0 fully saturated rings. The fourth-order valence-corrected chi connectivity index (χ4v) is 0.347. The van der Waals surface area contributed by atoms with Gasteiger partial charge in [-0.25, -0.2) is 0 Å². The first-order chi connectivity index (χ1) is 3.72. The molecule has 0 spiro atoms. The quantitative estimate of drug-likeness (QED) is 0.335. The maximum Gasteiger partial charge on any atom is 0.149 e. The number of hydrogen-bond donors (Lipinski definition) is 1. The van der Waals surface area contributed by atoms with Crippen molar-refractivity contribution in [3.05, 3.63) is 11.3 Å². The van der Waals surface area contributed by atoms with Crippen molar-refractivity contribution >= 4 is 6.29 Å². The summed E-state index contributed by atoms with van der Waals surface area (Å²) in [7, 11) is 0. The van der Waals surface area contributed by atoms with Gasteiger partial charge in [0.25, 0.3) is 0 Å². The molecule has 0 aromatic rings. The van der Waals surface area contributed by atoms with Crippen LogP contribution >= 0.6 is 0 Å². The third kappa shape index (κ3) is 1.78. The normalized spacial score (nSPS) is 12.8. The van der Waals surface area contributed by atoms with E-state index in [2.05, 4.69) is 0 Å². The smallest absolute Gasteiger partial charge is 0.149 e. The second-order valence-corrected chi connectivity index (χ2v) is 1.60. The zero-order chi connectivity index (χ0) is 6.57. The van der Waals surface area contributed by atoms with Gasteiger partial charge < -0.3 is 5.11 Å². The third-order valence-electron chi connectivity index (χ3n) is 0.967. The summed E-state index contributed by atoms with van der Waals surface area (Å²) in [5.74, 6) is 0.181. The van der Waals surface area contributed by atoms with Crippen LogP contribution in [-0.4, -0.2) is 11.4 Å². The molecule has 0 rings (SSSR count). The zero-order valence-electron chi connectivity index (χ0n) is 5.14. The van der Waals surface area contributed by atoms with Crippen LogP contribution in [-0.2, 0) is 4.79 Å². The van der Waals surface area contributed by atoms with Crippen LogP contribution in [0.25, 0.3) is 0 Å². The number of carbonyl (C=O) groups excluding carboxylic acids is 1. The molecule has 0 atom stereocenters. The molecule has 0 saturated carbocycles. The molecule has 0 radical (unpaired) electrons. The molecule has 0 aliphatic rings. The van der Waals surface area contributed by atoms with Gasteiger partial charge in [-0.05, 0) is 6.92 Å². The summed E-state index contributed by atoms with van der Waals surface area (Å²) in [5, 5.41) is 8.77. The summed E-state index contributed by atoms with van der Waals surface area (Å²) in [5.41, 5.74) is 0.424. The van der Waals surface area contributed by atoms with E-state index in [9.17, 15) is 4.79 Å². The van der Waals surface area contributed by atoms with Gasteiger partial charge in [0.05, 0.1) is 5.76 Å². The molecule has 2 heteroatoms. The Morgan fingerprint density at radius 3 is 2.38 bits per heavy atom. The van der Waals surface area contributed by atoms with E-state index in [-0.39, 0.29) is 5.76 Å². The van der Waals surface area contributed by atoms with E-state index in [4.69, 9.17) is 5.11 Å². The molecule has 8 heavy (non-hydrogen) atoms. The molecule has 0 unspecified atom stereocenters. The van der Waals surface area contributed by atoms with Crippen molar-refractivity contribution in [3.63, 3.8) is 0 Å². The molecular formula is C6H10O2. The average Bonchev–Trinajstić information content (AvgIpc) is 1.84. The fourth-order valence-electron chi connectivity index (χ4n) is 0.347. The van der Waals surface area contributed by atoms with Crippen LogP contribution in [0.5, 0.6) is 0 Å². The summed E-state index contributed by atoms with van der Waals surface area (Å²) in [6, 6.07) is 0. The fraction of sp³-hybridized carbons (Fsp3) is 0.500. The van der Waals surface area contributed by atoms with Crippen molar-refractivity contribution in [2.45, 2.75) is 20.3 Å². The second kappa shape index (κ2) is 3.24. The van der Waals surface area contributed by atoms with Gasteiger partial charge in [0.15, 0.2) is 0 Å². The van der Waals surface area contributed by atoms with Gasteiger partial charge in [0, 0.05) is 12.0 Å². The molecule has 0 bridgehead atoms. The molecule has 0 aromatic carbocycles. The largest absolute Gasteiger partial charge is 0.512 e. The number of aliphatic hydroxyl groups is 1. The first-order valence-electron chi connectivity index (χ1n) is 2.56. The minimum absolute atomic E-state index is 0.181. The Bertz CT molecular complexity index is 114. The number of aliphatic hydroxyl groups excluding tert-OH is 1. The number of rotatable bonds is 2. The lowest BCUT2D eigenvalue weighted by molar-refractivity contribution is -0.105. The molecular weight excluding hydrogens is 104 g/mol. The SMILES string of the molecule is CC/C(O)=C(\C)C=O. The van der Waals surface area contributed by atoms with Crippen molar-refractivity contribution < 1.29 is 9.90 Å². The second-order valence-electron chi connectivity index (χ2n) is 1.60. The van der Waals surface area contributed by atoms with Crippen LogP contribution < -0.4 is 0 Å². The van der Waals surface area contributed by atoms with Gasteiger partial charge in [-0.1, -0.05) is 6.92 Å². The van der Waals surface area contributed by atoms with Crippen LogP contribution in [0, 0.1) is 0 Å². The topological polar surface area (TPSA) is 37.3 Å². The van der Waals surface area contributed by atoms with Crippen LogP contribution in [0.15, 0.2) is 11.3 Å². The summed E-state index contributed by atoms with van der Waals surface area (Å²) in [4.78, 5) is 9.89. The van der Waals surface area contributed by atoms with Crippen LogP contribution in [0.4, 0.5) is 0 Å². The average molecular weight is 114 g/mol. The molecule has 0 saturated heterocycles. The van der Waals surface area contributed by atoms with E-state index in [1.54, 1.807) is 13.8 Å². The van der Waals surface area contributed by atoms with E-state index >= 15 is 0 Å². The van der Waals surface area contributed by atoms with Crippen LogP contribution in [0.1, 0.15) is 20.3 Å². The summed E-state index contributed by atoms with van der Waals surface area (Å²) >= 11 is 0. The van der Waals surface area contributed by atoms with Gasteiger partial charge in [0.1, 0.15) is 6.29 Å². The molecule has 0 aliphatic heterocycles. The number of aldehydes is 1. The Balaban J connectivity index is 4.03. The highest BCUT2D eigenvalue weighted by Gasteiger charge is 1.92. The van der Waals surface area contributed by atoms with Gasteiger partial charge in [-0.3, -0.25) is 4.79 Å². The van der Waals surface area contributed by atoms with Crippen LogP contribution in [0.2, 0.25) is 0 Å². The monoisotopic (exact) mass is 114 g/mol. The first kappa shape index (κ1) is 7.21. The minimum atomic E-state index is 0.181. The van der Waals surface area contributed by atoms with Gasteiger partial charge in [-0.15, -0.1) is 0 Å². The maximum absolute atomic E-state index is 9.89. The van der Waals surface area contributed by atoms with Gasteiger partial charge in [-0.2, -0.15) is 0 Å². The summed E-state index contributed by atoms with van der Waals surface area (Å²) in [6.07, 6.45) is 1.18. The number of carbonyl (C=O) groups is 1. The summed E-state index contributed by atoms with van der Waals surface area (Å²) in [6.45, 7) is 3.38. The lowest BCUT2D eigenvalue weighted by atomic mass is 10.2. The molecule has 0 amide bonds. The maximum atomic E-state index is 9.89. The molecule has 2 nitrogen and oxygen atoms in total. The molecule has 0 aliphatic carbocycles. The Morgan fingerprint density at radius 2 is 2.25 bits per heavy atom. The van der Waals surface area contributed by atoms with Crippen LogP contribution in [0.3, 0.4) is 0 Å². The third-order valence-corrected chi connectivity index (χ3v) is 0.967. The molecule has 1 N–H and O–H groups in total. The lowest BCUT2D eigenvalue weighted by Gasteiger charge is -1.92. The Kier molecular flexibility index (Phi) is 2.92. The highest BCUT2D eigenvalue weighted by molar-refractivity contribution is 5.72. The molecule has 46 valence electrons. The predicted octanol–water partition coefficient (Wildman–Crippen LogP) is 1.43. The zero-order valence-corrected chi connectivity index (χ0v) is 5.14. The highest BCUT2D eigenvalue weighted by atomic mass is 16.3. The first-order valence-corrected chi connectivity index (χ1v) is 2.56. The van der Waals surface area contributed by atoms with E-state index in [0.29, 0.717) is 18.3 Å². The summed E-state index contributed by atoms with van der Waals surface area (Å²) < 4.78 is 0. The standard InChI is InChI=1S/C6H10O2/c1-3-6(8)5(2)4-7/h4,8H,3H2,1-2H3/b6-5-. The number of allylic oxidation sites excluding steroid dienone is 2. The van der Waals surface area contributed by atoms with Crippen molar-refractivity contribution in [1.29, 1.82) is 0 Å². The van der Waals surface area contributed by atoms with E-state index in [1.807, 2.05) is 0 Å². The molecule has 0 aromatic heterocycles. The highest BCUT2D eigenvalue weighted by Crippen LogP contribution is 1.99.